The van der Waals surface area contributed by atoms with E-state index in [4.69, 9.17) is 5.73 Å². The van der Waals surface area contributed by atoms with Gasteiger partial charge in [0.1, 0.15) is 0 Å². The minimum absolute atomic E-state index is 0. The third-order valence-electron chi connectivity index (χ3n) is 3.61. The summed E-state index contributed by atoms with van der Waals surface area (Å²) < 4.78 is 0. The number of anilines is 1. The highest BCUT2D eigenvalue weighted by Gasteiger charge is 2.37. The summed E-state index contributed by atoms with van der Waals surface area (Å²) in [5, 5.41) is 13.5. The summed E-state index contributed by atoms with van der Waals surface area (Å²) in [6, 6.07) is 4.63. The molecular formula is C13H18ClN3O3. The Morgan fingerprint density at radius 1 is 1.40 bits per heavy atom. The van der Waals surface area contributed by atoms with Crippen LogP contribution in [0.5, 0.6) is 0 Å². The largest absolute Gasteiger partial charge is 0.324 e. The molecule has 3 N–H and O–H groups in total. The zero-order valence-electron chi connectivity index (χ0n) is 11.2. The van der Waals surface area contributed by atoms with Crippen molar-refractivity contribution >= 4 is 29.7 Å². The Bertz CT molecular complexity index is 528. The Hall–Kier alpha value is -1.66. The van der Waals surface area contributed by atoms with Crippen LogP contribution in [-0.2, 0) is 4.79 Å². The number of halogens is 1. The van der Waals surface area contributed by atoms with Gasteiger partial charge < -0.3 is 11.1 Å². The third kappa shape index (κ3) is 3.26. The van der Waals surface area contributed by atoms with E-state index in [0.717, 1.165) is 12.8 Å². The number of hydrogen-bond donors (Lipinski definition) is 2. The second kappa shape index (κ2) is 6.19. The summed E-state index contributed by atoms with van der Waals surface area (Å²) in [4.78, 5) is 22.5. The van der Waals surface area contributed by atoms with Gasteiger partial charge in [0, 0.05) is 17.3 Å². The number of aryl methyl sites for hydroxylation is 1. The van der Waals surface area contributed by atoms with E-state index >= 15 is 0 Å². The number of nitrogens with zero attached hydrogens (tertiary/aromatic N) is 1. The molecule has 0 atom stereocenters. The summed E-state index contributed by atoms with van der Waals surface area (Å²) in [5.74, 6) is -0.261. The summed E-state index contributed by atoms with van der Waals surface area (Å²) in [7, 11) is 0. The van der Waals surface area contributed by atoms with Crippen LogP contribution in [0.15, 0.2) is 18.2 Å². The van der Waals surface area contributed by atoms with Gasteiger partial charge in [-0.1, -0.05) is 18.9 Å². The fourth-order valence-corrected chi connectivity index (χ4v) is 2.37. The van der Waals surface area contributed by atoms with Crippen LogP contribution in [0.1, 0.15) is 31.2 Å². The fourth-order valence-electron chi connectivity index (χ4n) is 2.37. The smallest absolute Gasteiger partial charge is 0.274 e. The van der Waals surface area contributed by atoms with Gasteiger partial charge in [0.15, 0.2) is 0 Å². The zero-order chi connectivity index (χ0) is 14.0. The molecule has 110 valence electrons. The summed E-state index contributed by atoms with van der Waals surface area (Å²) in [5.41, 5.74) is 6.17. The molecule has 0 bridgehead atoms. The standard InChI is InChI=1S/C13H17N3O3.ClH/c1-9-4-5-10(8-11(9)16(18)19)15-12(17)13(14)6-2-3-7-13;/h4-5,8H,2-3,6-7,14H2,1H3,(H,15,17);1H. The Morgan fingerprint density at radius 2 is 2.00 bits per heavy atom. The maximum atomic E-state index is 12.1. The average Bonchev–Trinajstić information content (AvgIpc) is 2.79. The third-order valence-corrected chi connectivity index (χ3v) is 3.61. The summed E-state index contributed by atoms with van der Waals surface area (Å²) in [6.45, 7) is 1.66. The molecule has 1 aromatic carbocycles. The van der Waals surface area contributed by atoms with Gasteiger partial charge in [-0.25, -0.2) is 0 Å². The van der Waals surface area contributed by atoms with Crippen LogP contribution in [0.2, 0.25) is 0 Å². The molecule has 2 rings (SSSR count). The van der Waals surface area contributed by atoms with Crippen LogP contribution in [0.25, 0.3) is 0 Å². The molecule has 0 spiro atoms. The van der Waals surface area contributed by atoms with Crippen molar-refractivity contribution in [3.8, 4) is 0 Å². The first kappa shape index (κ1) is 16.4. The monoisotopic (exact) mass is 299 g/mol. The molecule has 1 amide bonds. The quantitative estimate of drug-likeness (QED) is 0.662. The van der Waals surface area contributed by atoms with Crippen LogP contribution in [-0.4, -0.2) is 16.4 Å². The molecule has 0 saturated heterocycles. The lowest BCUT2D eigenvalue weighted by Gasteiger charge is -2.22. The molecule has 1 aliphatic carbocycles. The molecule has 0 unspecified atom stereocenters. The van der Waals surface area contributed by atoms with Gasteiger partial charge in [-0.05, 0) is 25.8 Å². The van der Waals surface area contributed by atoms with Crippen LogP contribution < -0.4 is 11.1 Å². The highest BCUT2D eigenvalue weighted by atomic mass is 35.5. The van der Waals surface area contributed by atoms with Gasteiger partial charge in [-0.3, -0.25) is 14.9 Å². The minimum Gasteiger partial charge on any atom is -0.324 e. The number of carbonyl (C=O) groups excluding carboxylic acids is 1. The highest BCUT2D eigenvalue weighted by Crippen LogP contribution is 2.29. The van der Waals surface area contributed by atoms with Gasteiger partial charge in [0.2, 0.25) is 5.91 Å². The second-order valence-corrected chi connectivity index (χ2v) is 5.08. The lowest BCUT2D eigenvalue weighted by atomic mass is 9.98. The van der Waals surface area contributed by atoms with Crippen LogP contribution >= 0.6 is 12.4 Å². The van der Waals surface area contributed by atoms with Gasteiger partial charge in [0.05, 0.1) is 10.5 Å². The van der Waals surface area contributed by atoms with E-state index in [1.54, 1.807) is 19.1 Å². The Labute approximate surface area is 123 Å². The van der Waals surface area contributed by atoms with Crippen molar-refractivity contribution in [3.05, 3.63) is 33.9 Å². The maximum absolute atomic E-state index is 12.1. The Kier molecular flexibility index (Phi) is 5.08. The predicted molar refractivity (Wildman–Crippen MR) is 79.1 cm³/mol. The van der Waals surface area contributed by atoms with E-state index in [1.807, 2.05) is 0 Å². The van der Waals surface area contributed by atoms with Crippen LogP contribution in [0, 0.1) is 17.0 Å². The van der Waals surface area contributed by atoms with Crippen molar-refractivity contribution in [1.29, 1.82) is 0 Å². The normalized spacial score (nSPS) is 16.3. The number of nitrogens with one attached hydrogen (secondary N) is 1. The second-order valence-electron chi connectivity index (χ2n) is 5.08. The van der Waals surface area contributed by atoms with E-state index in [-0.39, 0.29) is 24.0 Å². The zero-order valence-corrected chi connectivity index (χ0v) is 12.0. The molecule has 0 radical (unpaired) electrons. The average molecular weight is 300 g/mol. The predicted octanol–water partition coefficient (Wildman–Crippen LogP) is 2.54. The first-order valence-electron chi connectivity index (χ1n) is 6.28. The fraction of sp³-hybridized carbons (Fsp3) is 0.462. The van der Waals surface area contributed by atoms with Gasteiger partial charge in [0.25, 0.3) is 5.69 Å². The van der Waals surface area contributed by atoms with E-state index < -0.39 is 10.5 Å². The highest BCUT2D eigenvalue weighted by molar-refractivity contribution is 5.98. The number of amides is 1. The molecule has 20 heavy (non-hydrogen) atoms. The topological polar surface area (TPSA) is 98.3 Å². The van der Waals surface area contributed by atoms with E-state index in [0.29, 0.717) is 24.1 Å². The SMILES string of the molecule is Cc1ccc(NC(=O)C2(N)CCCC2)cc1[N+](=O)[O-].Cl. The minimum atomic E-state index is -0.834. The Morgan fingerprint density at radius 3 is 2.55 bits per heavy atom. The maximum Gasteiger partial charge on any atom is 0.274 e. The van der Waals surface area contributed by atoms with Crippen molar-refractivity contribution in [2.24, 2.45) is 5.73 Å². The van der Waals surface area contributed by atoms with Crippen LogP contribution in [0.3, 0.4) is 0 Å². The van der Waals surface area contributed by atoms with Crippen LogP contribution in [0.4, 0.5) is 11.4 Å². The Balaban J connectivity index is 0.00000200. The molecule has 0 heterocycles. The molecular weight excluding hydrogens is 282 g/mol. The van der Waals surface area contributed by atoms with Crippen molar-refractivity contribution in [3.63, 3.8) is 0 Å². The van der Waals surface area contributed by atoms with E-state index in [9.17, 15) is 14.9 Å². The summed E-state index contributed by atoms with van der Waals surface area (Å²) in [6.07, 6.45) is 3.20. The van der Waals surface area contributed by atoms with Gasteiger partial charge in [-0.15, -0.1) is 12.4 Å². The van der Waals surface area contributed by atoms with E-state index in [1.165, 1.54) is 6.07 Å². The molecule has 7 heteroatoms. The molecule has 1 aliphatic rings. The molecule has 0 aliphatic heterocycles. The van der Waals surface area contributed by atoms with Gasteiger partial charge in [-0.2, -0.15) is 0 Å². The number of hydrogen-bond acceptors (Lipinski definition) is 4. The van der Waals surface area contributed by atoms with Crippen molar-refractivity contribution < 1.29 is 9.72 Å². The van der Waals surface area contributed by atoms with Crippen molar-refractivity contribution in [1.82, 2.24) is 0 Å². The van der Waals surface area contributed by atoms with Crippen molar-refractivity contribution in [2.45, 2.75) is 38.1 Å². The number of benzene rings is 1. The molecule has 1 saturated carbocycles. The lowest BCUT2D eigenvalue weighted by Crippen LogP contribution is -2.48. The van der Waals surface area contributed by atoms with Gasteiger partial charge >= 0.3 is 0 Å². The van der Waals surface area contributed by atoms with E-state index in [2.05, 4.69) is 5.32 Å². The molecule has 1 fully saturated rings. The number of rotatable bonds is 3. The number of nitro benzene ring substituents is 1. The number of nitro groups is 1. The number of nitrogens with two attached hydrogens (primary N) is 1. The molecule has 6 nitrogen and oxygen atoms in total. The number of carbonyl (C=O) groups is 1. The first-order valence-corrected chi connectivity index (χ1v) is 6.28. The van der Waals surface area contributed by atoms with Crippen molar-refractivity contribution in [2.75, 3.05) is 5.32 Å². The molecule has 1 aromatic rings. The molecule has 0 aromatic heterocycles. The first-order chi connectivity index (χ1) is 8.92. The summed E-state index contributed by atoms with van der Waals surface area (Å²) >= 11 is 0. The lowest BCUT2D eigenvalue weighted by molar-refractivity contribution is -0.385.